The molecule has 0 saturated heterocycles. The van der Waals surface area contributed by atoms with Crippen molar-refractivity contribution >= 4 is 23.9 Å². The Kier molecular flexibility index (Phi) is 6.67. The summed E-state index contributed by atoms with van der Waals surface area (Å²) in [5.41, 5.74) is 2.52. The number of nitrogens with one attached hydrogen (secondary N) is 1. The predicted molar refractivity (Wildman–Crippen MR) is 72.4 cm³/mol. The molecule has 0 unspecified atom stereocenters. The third kappa shape index (κ3) is 5.42. The number of carbonyl (C=O) groups is 1. The zero-order chi connectivity index (χ0) is 15.8. The van der Waals surface area contributed by atoms with Crippen molar-refractivity contribution in [1.29, 1.82) is 0 Å². The van der Waals surface area contributed by atoms with Crippen molar-refractivity contribution in [2.45, 2.75) is 13.5 Å². The fraction of sp³-hybridized carbons (Fsp3) is 0.333. The van der Waals surface area contributed by atoms with E-state index in [4.69, 9.17) is 16.3 Å². The highest BCUT2D eigenvalue weighted by Gasteiger charge is 2.15. The topological polar surface area (TPSA) is 69.2 Å². The highest BCUT2D eigenvalue weighted by Crippen LogP contribution is 2.37. The molecule has 0 aromatic heterocycles. The van der Waals surface area contributed by atoms with E-state index in [-0.39, 0.29) is 23.1 Å². The number of methoxy groups -OCH3 is 1. The summed E-state index contributed by atoms with van der Waals surface area (Å²) < 4.78 is 38.3. The molecule has 0 saturated carbocycles. The van der Waals surface area contributed by atoms with Gasteiger partial charge in [0.25, 0.3) is 0 Å². The second-order valence-corrected chi connectivity index (χ2v) is 3.91. The first kappa shape index (κ1) is 17.0. The third-order valence-electron chi connectivity index (χ3n) is 2.10. The van der Waals surface area contributed by atoms with Gasteiger partial charge in [0, 0.05) is 0 Å². The highest BCUT2D eigenvalue weighted by molar-refractivity contribution is 6.32. The van der Waals surface area contributed by atoms with Crippen molar-refractivity contribution in [3.8, 4) is 11.5 Å². The number of alkyl halides is 2. The van der Waals surface area contributed by atoms with Crippen LogP contribution in [0.2, 0.25) is 5.02 Å². The Morgan fingerprint density at radius 2 is 2.24 bits per heavy atom. The minimum absolute atomic E-state index is 0.0142. The highest BCUT2D eigenvalue weighted by atomic mass is 35.5. The van der Waals surface area contributed by atoms with Gasteiger partial charge in [-0.05, 0) is 24.6 Å². The molecule has 1 aromatic rings. The zero-order valence-electron chi connectivity index (χ0n) is 11.2. The normalized spacial score (nSPS) is 10.8. The number of amides is 1. The van der Waals surface area contributed by atoms with Crippen molar-refractivity contribution in [3.05, 3.63) is 22.7 Å². The van der Waals surface area contributed by atoms with E-state index < -0.39 is 12.7 Å². The standard InChI is InChI=1S/C12H13ClF2N2O4/c1-3-20-12(18)17-16-6-7-4-8(13)10(21-11(14)15)9(5-7)19-2/h4-6,11H,3H2,1-2H3,(H,17,18)/b16-6-. The summed E-state index contributed by atoms with van der Waals surface area (Å²) in [6.07, 6.45) is 0.529. The smallest absolute Gasteiger partial charge is 0.427 e. The van der Waals surface area contributed by atoms with Gasteiger partial charge in [0.1, 0.15) is 0 Å². The van der Waals surface area contributed by atoms with Crippen molar-refractivity contribution in [2.24, 2.45) is 5.10 Å². The van der Waals surface area contributed by atoms with Crippen LogP contribution >= 0.6 is 11.6 Å². The summed E-state index contributed by atoms with van der Waals surface area (Å²) in [6, 6.07) is 2.71. The molecule has 9 heteroatoms. The molecule has 1 aromatic carbocycles. The Morgan fingerprint density at radius 1 is 1.52 bits per heavy atom. The number of hydrogen-bond acceptors (Lipinski definition) is 5. The summed E-state index contributed by atoms with van der Waals surface area (Å²) in [4.78, 5) is 11.0. The Bertz CT molecular complexity index is 526. The van der Waals surface area contributed by atoms with Crippen LogP contribution in [0.4, 0.5) is 13.6 Å². The van der Waals surface area contributed by atoms with Crippen molar-refractivity contribution in [2.75, 3.05) is 13.7 Å². The first-order chi connectivity index (χ1) is 9.97. The van der Waals surface area contributed by atoms with Gasteiger partial charge in [-0.15, -0.1) is 0 Å². The Morgan fingerprint density at radius 3 is 2.81 bits per heavy atom. The summed E-state index contributed by atoms with van der Waals surface area (Å²) in [5, 5.41) is 3.54. The maximum atomic E-state index is 12.3. The van der Waals surface area contributed by atoms with E-state index in [0.717, 1.165) is 0 Å². The second-order valence-electron chi connectivity index (χ2n) is 3.50. The van der Waals surface area contributed by atoms with E-state index in [2.05, 4.69) is 20.0 Å². The molecule has 1 rings (SSSR count). The molecule has 21 heavy (non-hydrogen) atoms. The molecule has 0 radical (unpaired) electrons. The molecule has 0 spiro atoms. The molecule has 1 amide bonds. The van der Waals surface area contributed by atoms with Crippen molar-refractivity contribution in [1.82, 2.24) is 5.43 Å². The van der Waals surface area contributed by atoms with Gasteiger partial charge >= 0.3 is 12.7 Å². The van der Waals surface area contributed by atoms with Crippen LogP contribution in [0.1, 0.15) is 12.5 Å². The molecular weight excluding hydrogens is 310 g/mol. The van der Waals surface area contributed by atoms with Gasteiger partial charge in [0.15, 0.2) is 11.5 Å². The maximum absolute atomic E-state index is 12.3. The van der Waals surface area contributed by atoms with Gasteiger partial charge < -0.3 is 14.2 Å². The molecule has 1 N–H and O–H groups in total. The average Bonchev–Trinajstić information content (AvgIpc) is 2.41. The van der Waals surface area contributed by atoms with E-state index in [1.54, 1.807) is 6.92 Å². The second kappa shape index (κ2) is 8.25. The SMILES string of the molecule is CCOC(=O)N/N=C\c1cc(Cl)c(OC(F)F)c(OC)c1. The Labute approximate surface area is 124 Å². The molecular formula is C12H13ClF2N2O4. The van der Waals surface area contributed by atoms with Gasteiger partial charge in [-0.2, -0.15) is 13.9 Å². The van der Waals surface area contributed by atoms with Gasteiger partial charge in [-0.1, -0.05) is 11.6 Å². The van der Waals surface area contributed by atoms with Crippen LogP contribution in [0.15, 0.2) is 17.2 Å². The lowest BCUT2D eigenvalue weighted by Gasteiger charge is -2.12. The molecule has 0 aliphatic heterocycles. The number of benzene rings is 1. The third-order valence-corrected chi connectivity index (χ3v) is 2.38. The summed E-state index contributed by atoms with van der Waals surface area (Å²) in [7, 11) is 1.28. The Hall–Kier alpha value is -2.09. The summed E-state index contributed by atoms with van der Waals surface area (Å²) in [5.74, 6) is -0.259. The number of carbonyl (C=O) groups excluding carboxylic acids is 1. The molecule has 0 fully saturated rings. The number of rotatable bonds is 6. The summed E-state index contributed by atoms with van der Waals surface area (Å²) in [6.45, 7) is -1.17. The van der Waals surface area contributed by atoms with E-state index in [1.165, 1.54) is 25.5 Å². The Balaban J connectivity index is 2.88. The first-order valence-corrected chi connectivity index (χ1v) is 6.13. The van der Waals surface area contributed by atoms with Crippen LogP contribution in [-0.4, -0.2) is 32.6 Å². The first-order valence-electron chi connectivity index (χ1n) is 5.76. The van der Waals surface area contributed by atoms with Crippen LogP contribution in [0, 0.1) is 0 Å². The number of hydrogen-bond donors (Lipinski definition) is 1. The van der Waals surface area contributed by atoms with Crippen molar-refractivity contribution < 1.29 is 27.8 Å². The molecule has 0 atom stereocenters. The molecule has 0 bridgehead atoms. The lowest BCUT2D eigenvalue weighted by molar-refractivity contribution is -0.0511. The van der Waals surface area contributed by atoms with E-state index in [9.17, 15) is 13.6 Å². The van der Waals surface area contributed by atoms with Crippen LogP contribution in [0.3, 0.4) is 0 Å². The molecule has 0 aliphatic rings. The molecule has 6 nitrogen and oxygen atoms in total. The van der Waals surface area contributed by atoms with Gasteiger partial charge in [-0.25, -0.2) is 10.2 Å². The zero-order valence-corrected chi connectivity index (χ0v) is 12.0. The number of hydrazone groups is 1. The van der Waals surface area contributed by atoms with Gasteiger partial charge in [0.05, 0.1) is 25.0 Å². The number of halogens is 3. The minimum atomic E-state index is -3.03. The number of ether oxygens (including phenoxy) is 3. The largest absolute Gasteiger partial charge is 0.493 e. The molecule has 0 aliphatic carbocycles. The van der Waals surface area contributed by atoms with E-state index in [0.29, 0.717) is 5.56 Å². The van der Waals surface area contributed by atoms with Crippen LogP contribution in [-0.2, 0) is 4.74 Å². The van der Waals surface area contributed by atoms with Crippen molar-refractivity contribution in [3.63, 3.8) is 0 Å². The lowest BCUT2D eigenvalue weighted by Crippen LogP contribution is -2.18. The van der Waals surface area contributed by atoms with E-state index in [1.807, 2.05) is 0 Å². The summed E-state index contributed by atoms with van der Waals surface area (Å²) >= 11 is 5.84. The fourth-order valence-corrected chi connectivity index (χ4v) is 1.60. The molecule has 0 heterocycles. The predicted octanol–water partition coefficient (Wildman–Crippen LogP) is 3.03. The van der Waals surface area contributed by atoms with Crippen LogP contribution < -0.4 is 14.9 Å². The average molecular weight is 323 g/mol. The van der Waals surface area contributed by atoms with E-state index >= 15 is 0 Å². The lowest BCUT2D eigenvalue weighted by atomic mass is 10.2. The number of nitrogens with zero attached hydrogens (tertiary/aromatic N) is 1. The molecule has 116 valence electrons. The van der Waals surface area contributed by atoms with Gasteiger partial charge in [-0.3, -0.25) is 0 Å². The monoisotopic (exact) mass is 322 g/mol. The minimum Gasteiger partial charge on any atom is -0.493 e. The van der Waals surface area contributed by atoms with Crippen LogP contribution in [0.25, 0.3) is 0 Å². The maximum Gasteiger partial charge on any atom is 0.427 e. The fourth-order valence-electron chi connectivity index (χ4n) is 1.34. The quantitative estimate of drug-likeness (QED) is 0.645. The van der Waals surface area contributed by atoms with Crippen LogP contribution in [0.5, 0.6) is 11.5 Å². The van der Waals surface area contributed by atoms with Gasteiger partial charge in [0.2, 0.25) is 0 Å².